The van der Waals surface area contributed by atoms with Crippen LogP contribution in [0.25, 0.3) is 0 Å². The first kappa shape index (κ1) is 20.6. The standard InChI is InChI=1S/C22H32Cl2N/c1-16-8-7-13-22(3,4)20(16)12-9-17(2)25(5,6)15-18-10-11-19(23)14-21(18)24/h8-12,14,17,20H,7,13,15H2,1-6H3/q+1. The molecule has 0 aromatic heterocycles. The van der Waals surface area contributed by atoms with Gasteiger partial charge in [0, 0.05) is 16.5 Å². The minimum atomic E-state index is 0.339. The quantitative estimate of drug-likeness (QED) is 0.384. The van der Waals surface area contributed by atoms with Gasteiger partial charge in [-0.05, 0) is 50.3 Å². The molecule has 0 spiro atoms. The molecule has 0 N–H and O–H groups in total. The van der Waals surface area contributed by atoms with Crippen molar-refractivity contribution in [2.75, 3.05) is 14.1 Å². The summed E-state index contributed by atoms with van der Waals surface area (Å²) in [5.41, 5.74) is 2.99. The molecule has 0 amide bonds. The second-order valence-electron chi connectivity index (χ2n) is 8.75. The third-order valence-corrected chi connectivity index (χ3v) is 6.45. The highest BCUT2D eigenvalue weighted by molar-refractivity contribution is 6.35. The van der Waals surface area contributed by atoms with Crippen LogP contribution < -0.4 is 0 Å². The van der Waals surface area contributed by atoms with Gasteiger partial charge in [-0.3, -0.25) is 0 Å². The highest BCUT2D eigenvalue weighted by Crippen LogP contribution is 2.41. The average molecular weight is 381 g/mol. The number of likely N-dealkylation sites (N-methyl/N-ethyl adjacent to an activating group) is 1. The van der Waals surface area contributed by atoms with E-state index in [9.17, 15) is 0 Å². The van der Waals surface area contributed by atoms with Gasteiger partial charge in [0.2, 0.25) is 0 Å². The number of hydrogen-bond donors (Lipinski definition) is 0. The number of quaternary nitrogens is 1. The first-order valence-corrected chi connectivity index (χ1v) is 9.90. The van der Waals surface area contributed by atoms with Crippen molar-refractivity contribution in [1.82, 2.24) is 0 Å². The fraction of sp³-hybridized carbons (Fsp3) is 0.545. The van der Waals surface area contributed by atoms with E-state index in [1.165, 1.54) is 18.4 Å². The average Bonchev–Trinajstić information content (AvgIpc) is 2.48. The van der Waals surface area contributed by atoms with Crippen LogP contribution in [0, 0.1) is 11.3 Å². The van der Waals surface area contributed by atoms with Crippen molar-refractivity contribution in [2.45, 2.75) is 53.1 Å². The minimum absolute atomic E-state index is 0.339. The van der Waals surface area contributed by atoms with Gasteiger partial charge in [-0.15, -0.1) is 0 Å². The van der Waals surface area contributed by atoms with Crippen molar-refractivity contribution in [3.8, 4) is 0 Å². The van der Waals surface area contributed by atoms with Crippen LogP contribution in [0.2, 0.25) is 10.0 Å². The molecule has 0 bridgehead atoms. The smallest absolute Gasteiger partial charge is 0.106 e. The van der Waals surface area contributed by atoms with Gasteiger partial charge < -0.3 is 4.48 Å². The Morgan fingerprint density at radius 1 is 1.28 bits per heavy atom. The van der Waals surface area contributed by atoms with Crippen molar-refractivity contribution < 1.29 is 4.48 Å². The van der Waals surface area contributed by atoms with E-state index in [4.69, 9.17) is 23.2 Å². The molecule has 2 atom stereocenters. The van der Waals surface area contributed by atoms with E-state index in [-0.39, 0.29) is 0 Å². The van der Waals surface area contributed by atoms with Crippen molar-refractivity contribution >= 4 is 23.2 Å². The summed E-state index contributed by atoms with van der Waals surface area (Å²) in [6, 6.07) is 6.19. The topological polar surface area (TPSA) is 0 Å². The third-order valence-electron chi connectivity index (χ3n) is 5.87. The van der Waals surface area contributed by atoms with E-state index in [1.807, 2.05) is 18.2 Å². The van der Waals surface area contributed by atoms with Crippen LogP contribution in [0.4, 0.5) is 0 Å². The molecule has 1 aromatic carbocycles. The Morgan fingerprint density at radius 2 is 1.96 bits per heavy atom. The van der Waals surface area contributed by atoms with Gasteiger partial charge in [-0.1, -0.05) is 60.8 Å². The second-order valence-corrected chi connectivity index (χ2v) is 9.59. The van der Waals surface area contributed by atoms with Gasteiger partial charge in [0.1, 0.15) is 12.6 Å². The lowest BCUT2D eigenvalue weighted by atomic mass is 9.68. The molecule has 2 rings (SSSR count). The number of benzene rings is 1. The van der Waals surface area contributed by atoms with Crippen LogP contribution in [0.1, 0.15) is 46.1 Å². The first-order chi connectivity index (χ1) is 11.5. The fourth-order valence-electron chi connectivity index (χ4n) is 3.72. The van der Waals surface area contributed by atoms with E-state index in [0.29, 0.717) is 22.4 Å². The Hall–Kier alpha value is -0.760. The molecule has 1 nitrogen and oxygen atoms in total. The molecular formula is C22H32Cl2N+. The van der Waals surface area contributed by atoms with Gasteiger partial charge in [-0.2, -0.15) is 0 Å². The number of hydrogen-bond acceptors (Lipinski definition) is 0. The lowest BCUT2D eigenvalue weighted by molar-refractivity contribution is -0.919. The Labute approximate surface area is 163 Å². The minimum Gasteiger partial charge on any atom is -0.319 e. The zero-order chi connectivity index (χ0) is 18.8. The Kier molecular flexibility index (Phi) is 6.46. The molecule has 0 saturated carbocycles. The second kappa shape index (κ2) is 7.86. The Bertz CT molecular complexity index is 671. The number of nitrogens with zero attached hydrogens (tertiary/aromatic N) is 1. The van der Waals surface area contributed by atoms with E-state index >= 15 is 0 Å². The molecule has 25 heavy (non-hydrogen) atoms. The maximum Gasteiger partial charge on any atom is 0.106 e. The molecule has 0 aliphatic heterocycles. The molecule has 3 heteroatoms. The monoisotopic (exact) mass is 380 g/mol. The predicted molar refractivity (Wildman–Crippen MR) is 111 cm³/mol. The zero-order valence-electron chi connectivity index (χ0n) is 16.4. The van der Waals surface area contributed by atoms with Crippen LogP contribution >= 0.6 is 23.2 Å². The number of halogens is 2. The van der Waals surface area contributed by atoms with Crippen LogP contribution in [-0.4, -0.2) is 24.6 Å². The van der Waals surface area contributed by atoms with E-state index < -0.39 is 0 Å². The van der Waals surface area contributed by atoms with Crippen LogP contribution in [-0.2, 0) is 6.54 Å². The van der Waals surface area contributed by atoms with Gasteiger partial charge in [0.25, 0.3) is 0 Å². The maximum absolute atomic E-state index is 6.38. The predicted octanol–water partition coefficient (Wildman–Crippen LogP) is 6.90. The van der Waals surface area contributed by atoms with Gasteiger partial charge in [0.15, 0.2) is 0 Å². The lowest BCUT2D eigenvalue weighted by Crippen LogP contribution is -2.45. The summed E-state index contributed by atoms with van der Waals surface area (Å²) in [6.45, 7) is 10.2. The summed E-state index contributed by atoms with van der Waals surface area (Å²) in [4.78, 5) is 0. The Balaban J connectivity index is 2.13. The van der Waals surface area contributed by atoms with Gasteiger partial charge in [-0.25, -0.2) is 0 Å². The third kappa shape index (κ3) is 5.12. The van der Waals surface area contributed by atoms with E-state index in [2.05, 4.69) is 60.0 Å². The van der Waals surface area contributed by atoms with Crippen molar-refractivity contribution in [3.05, 3.63) is 57.6 Å². The number of rotatable bonds is 5. The zero-order valence-corrected chi connectivity index (χ0v) is 18.0. The lowest BCUT2D eigenvalue weighted by Gasteiger charge is -2.38. The summed E-state index contributed by atoms with van der Waals surface area (Å²) in [5.74, 6) is 0.530. The van der Waals surface area contributed by atoms with Gasteiger partial charge >= 0.3 is 0 Å². The first-order valence-electron chi connectivity index (χ1n) is 9.14. The van der Waals surface area contributed by atoms with Crippen LogP contribution in [0.3, 0.4) is 0 Å². The molecule has 1 aromatic rings. The molecule has 1 aliphatic rings. The molecule has 0 fully saturated rings. The normalized spacial score (nSPS) is 22.1. The van der Waals surface area contributed by atoms with Crippen molar-refractivity contribution in [3.63, 3.8) is 0 Å². The van der Waals surface area contributed by atoms with Crippen molar-refractivity contribution in [2.24, 2.45) is 11.3 Å². The number of allylic oxidation sites excluding steroid dienone is 3. The molecule has 0 saturated heterocycles. The molecular weight excluding hydrogens is 349 g/mol. The highest BCUT2D eigenvalue weighted by Gasteiger charge is 2.31. The van der Waals surface area contributed by atoms with Gasteiger partial charge in [0.05, 0.1) is 19.1 Å². The van der Waals surface area contributed by atoms with Crippen LogP contribution in [0.5, 0.6) is 0 Å². The van der Waals surface area contributed by atoms with E-state index in [0.717, 1.165) is 21.6 Å². The summed E-state index contributed by atoms with van der Waals surface area (Å²) in [5, 5.41) is 1.44. The molecule has 138 valence electrons. The molecule has 0 radical (unpaired) electrons. The fourth-order valence-corrected chi connectivity index (χ4v) is 4.19. The summed E-state index contributed by atoms with van der Waals surface area (Å²) >= 11 is 12.4. The summed E-state index contributed by atoms with van der Waals surface area (Å²) in [7, 11) is 4.52. The summed E-state index contributed by atoms with van der Waals surface area (Å²) in [6.07, 6.45) is 9.68. The molecule has 0 heterocycles. The summed E-state index contributed by atoms with van der Waals surface area (Å²) < 4.78 is 0.855. The van der Waals surface area contributed by atoms with Crippen molar-refractivity contribution in [1.29, 1.82) is 0 Å². The van der Waals surface area contributed by atoms with E-state index in [1.54, 1.807) is 0 Å². The molecule has 1 aliphatic carbocycles. The SMILES string of the molecule is CC1=CCCC(C)(C)C1C=CC(C)[N+](C)(C)Cc1ccc(Cl)cc1Cl. The maximum atomic E-state index is 6.38. The largest absolute Gasteiger partial charge is 0.319 e. The highest BCUT2D eigenvalue weighted by atomic mass is 35.5. The van der Waals surface area contributed by atoms with Crippen LogP contribution in [0.15, 0.2) is 42.0 Å². The molecule has 2 unspecified atom stereocenters. The Morgan fingerprint density at radius 3 is 2.56 bits per heavy atom.